The van der Waals surface area contributed by atoms with Gasteiger partial charge in [-0.2, -0.15) is 11.3 Å². The van der Waals surface area contributed by atoms with E-state index in [1.54, 1.807) is 23.5 Å². The van der Waals surface area contributed by atoms with Crippen molar-refractivity contribution < 1.29 is 23.8 Å². The first-order valence-corrected chi connectivity index (χ1v) is 8.79. The van der Waals surface area contributed by atoms with Gasteiger partial charge in [0.2, 0.25) is 0 Å². The molecule has 0 fully saturated rings. The summed E-state index contributed by atoms with van der Waals surface area (Å²) in [5.74, 6) is 0.231. The Balaban J connectivity index is 1.58. The van der Waals surface area contributed by atoms with E-state index in [1.165, 1.54) is 31.4 Å². The highest BCUT2D eigenvalue weighted by molar-refractivity contribution is 7.08. The Kier molecular flexibility index (Phi) is 5.50. The number of carbonyl (C=O) groups excluding carboxylic acids is 2. The molecule has 0 aliphatic carbocycles. The van der Waals surface area contributed by atoms with Crippen LogP contribution in [0.5, 0.6) is 0 Å². The number of nitrogens with one attached hydrogen (secondary N) is 1. The first kappa shape index (κ1) is 17.9. The van der Waals surface area contributed by atoms with Gasteiger partial charge in [0.15, 0.2) is 0 Å². The third-order valence-corrected chi connectivity index (χ3v) is 4.47. The summed E-state index contributed by atoms with van der Waals surface area (Å²) in [5.41, 5.74) is 1.69. The van der Waals surface area contributed by atoms with Crippen LogP contribution in [0.2, 0.25) is 0 Å². The van der Waals surface area contributed by atoms with E-state index in [-0.39, 0.29) is 12.5 Å². The molecule has 2 heterocycles. The predicted octanol–water partition coefficient (Wildman–Crippen LogP) is 3.26. The van der Waals surface area contributed by atoms with Crippen molar-refractivity contribution in [1.29, 1.82) is 0 Å². The molecule has 134 valence electrons. The van der Waals surface area contributed by atoms with Crippen LogP contribution in [0.15, 0.2) is 57.6 Å². The Hall–Kier alpha value is -2.90. The number of ether oxygens (including phenoxy) is 1. The monoisotopic (exact) mass is 371 g/mol. The van der Waals surface area contributed by atoms with E-state index in [9.17, 15) is 14.7 Å². The maximum atomic E-state index is 12.2. The van der Waals surface area contributed by atoms with Gasteiger partial charge >= 0.3 is 5.97 Å². The van der Waals surface area contributed by atoms with Gasteiger partial charge in [0.25, 0.3) is 5.91 Å². The molecule has 2 aromatic heterocycles. The van der Waals surface area contributed by atoms with Crippen LogP contribution >= 0.6 is 11.3 Å². The van der Waals surface area contributed by atoms with E-state index >= 15 is 0 Å². The summed E-state index contributed by atoms with van der Waals surface area (Å²) in [7, 11) is 1.29. The Morgan fingerprint density at radius 2 is 1.88 bits per heavy atom. The van der Waals surface area contributed by atoms with Gasteiger partial charge in [0.05, 0.1) is 19.2 Å². The number of rotatable bonds is 6. The number of aliphatic hydroxyl groups is 1. The predicted molar refractivity (Wildman–Crippen MR) is 97.1 cm³/mol. The van der Waals surface area contributed by atoms with Gasteiger partial charge in [-0.05, 0) is 47.8 Å². The first-order chi connectivity index (χ1) is 12.6. The van der Waals surface area contributed by atoms with Gasteiger partial charge in [0.1, 0.15) is 17.6 Å². The number of aliphatic hydroxyl groups excluding tert-OH is 1. The van der Waals surface area contributed by atoms with Crippen LogP contribution in [0, 0.1) is 0 Å². The number of amides is 1. The van der Waals surface area contributed by atoms with Crippen LogP contribution in [-0.2, 0) is 4.74 Å². The van der Waals surface area contributed by atoms with Crippen LogP contribution in [-0.4, -0.2) is 30.6 Å². The normalized spacial score (nSPS) is 11.8. The van der Waals surface area contributed by atoms with Crippen LogP contribution in [0.3, 0.4) is 0 Å². The van der Waals surface area contributed by atoms with E-state index in [4.69, 9.17) is 4.42 Å². The number of hydrogen-bond donors (Lipinski definition) is 2. The highest BCUT2D eigenvalue weighted by atomic mass is 32.1. The second-order valence-corrected chi connectivity index (χ2v) is 6.29. The molecule has 0 saturated carbocycles. The van der Waals surface area contributed by atoms with E-state index in [1.807, 2.05) is 16.8 Å². The summed E-state index contributed by atoms with van der Waals surface area (Å²) in [4.78, 5) is 23.5. The van der Waals surface area contributed by atoms with Gasteiger partial charge in [-0.25, -0.2) is 4.79 Å². The Morgan fingerprint density at radius 1 is 1.15 bits per heavy atom. The largest absolute Gasteiger partial charge is 0.465 e. The lowest BCUT2D eigenvalue weighted by Gasteiger charge is -2.10. The molecule has 1 aromatic carbocycles. The van der Waals surface area contributed by atoms with Crippen LogP contribution in [0.25, 0.3) is 11.3 Å². The third-order valence-electron chi connectivity index (χ3n) is 3.79. The van der Waals surface area contributed by atoms with Crippen molar-refractivity contribution in [3.8, 4) is 11.3 Å². The summed E-state index contributed by atoms with van der Waals surface area (Å²) in [6, 6.07) is 11.5. The van der Waals surface area contributed by atoms with Gasteiger partial charge in [-0.1, -0.05) is 0 Å². The number of carbonyl (C=O) groups is 2. The molecule has 0 radical (unpaired) electrons. The summed E-state index contributed by atoms with van der Waals surface area (Å²) in [6.07, 6.45) is -0.958. The SMILES string of the molecule is COC(=O)c1ccc(C(=O)NC[C@H](O)c2ccc(-c3ccsc3)o2)cc1. The zero-order valence-electron chi connectivity index (χ0n) is 14.0. The molecule has 6 nitrogen and oxygen atoms in total. The number of benzene rings is 1. The van der Waals surface area contributed by atoms with Crippen molar-refractivity contribution >= 4 is 23.2 Å². The molecule has 0 aliphatic rings. The molecule has 0 aliphatic heterocycles. The molecule has 0 saturated heterocycles. The molecule has 2 N–H and O–H groups in total. The minimum absolute atomic E-state index is 0.00811. The molecule has 0 spiro atoms. The van der Waals surface area contributed by atoms with E-state index in [0.717, 1.165) is 5.56 Å². The molecule has 3 aromatic rings. The second kappa shape index (κ2) is 7.99. The average Bonchev–Trinajstić information content (AvgIpc) is 3.36. The second-order valence-electron chi connectivity index (χ2n) is 5.51. The van der Waals surface area contributed by atoms with Crippen molar-refractivity contribution in [2.45, 2.75) is 6.10 Å². The lowest BCUT2D eigenvalue weighted by molar-refractivity contribution is 0.0600. The highest BCUT2D eigenvalue weighted by Crippen LogP contribution is 2.26. The molecule has 26 heavy (non-hydrogen) atoms. The van der Waals surface area contributed by atoms with Crippen LogP contribution in [0.1, 0.15) is 32.6 Å². The zero-order valence-corrected chi connectivity index (χ0v) is 14.8. The first-order valence-electron chi connectivity index (χ1n) is 7.85. The number of furan rings is 1. The molecule has 0 unspecified atom stereocenters. The Labute approximate surface area is 154 Å². The smallest absolute Gasteiger partial charge is 0.337 e. The van der Waals surface area contributed by atoms with Gasteiger partial charge in [0, 0.05) is 16.5 Å². The zero-order chi connectivity index (χ0) is 18.5. The third kappa shape index (κ3) is 4.01. The summed E-state index contributed by atoms with van der Waals surface area (Å²) in [6.45, 7) is 0.00811. The minimum atomic E-state index is -0.958. The topological polar surface area (TPSA) is 88.8 Å². The Bertz CT molecular complexity index is 883. The van der Waals surface area contributed by atoms with Crippen molar-refractivity contribution in [3.05, 3.63) is 70.1 Å². The lowest BCUT2D eigenvalue weighted by Crippen LogP contribution is -2.28. The molecule has 7 heteroatoms. The number of thiophene rings is 1. The fraction of sp³-hybridized carbons (Fsp3) is 0.158. The quantitative estimate of drug-likeness (QED) is 0.649. The van der Waals surface area contributed by atoms with Crippen LogP contribution < -0.4 is 5.32 Å². The lowest BCUT2D eigenvalue weighted by atomic mass is 10.1. The van der Waals surface area contributed by atoms with Gasteiger partial charge in [-0.15, -0.1) is 0 Å². The molecule has 0 bridgehead atoms. The average molecular weight is 371 g/mol. The number of hydrogen-bond acceptors (Lipinski definition) is 6. The maximum absolute atomic E-state index is 12.2. The fourth-order valence-electron chi connectivity index (χ4n) is 2.36. The van der Waals surface area contributed by atoms with Crippen molar-refractivity contribution in [1.82, 2.24) is 5.32 Å². The van der Waals surface area contributed by atoms with Crippen molar-refractivity contribution in [3.63, 3.8) is 0 Å². The molecular weight excluding hydrogens is 354 g/mol. The van der Waals surface area contributed by atoms with Crippen LogP contribution in [0.4, 0.5) is 0 Å². The molecule has 1 atom stereocenters. The summed E-state index contributed by atoms with van der Waals surface area (Å²) < 4.78 is 10.2. The number of methoxy groups -OCH3 is 1. The summed E-state index contributed by atoms with van der Waals surface area (Å²) in [5, 5.41) is 16.7. The van der Waals surface area contributed by atoms with Gasteiger partial charge < -0.3 is 19.6 Å². The minimum Gasteiger partial charge on any atom is -0.465 e. The summed E-state index contributed by atoms with van der Waals surface area (Å²) >= 11 is 1.56. The maximum Gasteiger partial charge on any atom is 0.337 e. The van der Waals surface area contributed by atoms with E-state index in [0.29, 0.717) is 22.6 Å². The van der Waals surface area contributed by atoms with Gasteiger partial charge in [-0.3, -0.25) is 4.79 Å². The highest BCUT2D eigenvalue weighted by Gasteiger charge is 2.16. The molecule has 1 amide bonds. The van der Waals surface area contributed by atoms with E-state index in [2.05, 4.69) is 10.1 Å². The van der Waals surface area contributed by atoms with E-state index < -0.39 is 12.1 Å². The molecule has 3 rings (SSSR count). The molecular formula is C19H17NO5S. The Morgan fingerprint density at radius 3 is 2.54 bits per heavy atom. The number of esters is 1. The van der Waals surface area contributed by atoms with Crippen molar-refractivity contribution in [2.24, 2.45) is 0 Å². The standard InChI is InChI=1S/C19H17NO5S/c1-24-19(23)13-4-2-12(3-5-13)18(22)20-10-15(21)17-7-6-16(25-17)14-8-9-26-11-14/h2-9,11,15,21H,10H2,1H3,(H,20,22)/t15-/m0/s1. The van der Waals surface area contributed by atoms with Crippen molar-refractivity contribution in [2.75, 3.05) is 13.7 Å². The fourth-order valence-corrected chi connectivity index (χ4v) is 3.00.